The molecule has 2 aliphatic rings. The van der Waals surface area contributed by atoms with Crippen molar-refractivity contribution in [3.8, 4) is 0 Å². The van der Waals surface area contributed by atoms with E-state index in [1.165, 1.54) is 28.5 Å². The van der Waals surface area contributed by atoms with E-state index in [1.54, 1.807) is 22.0 Å². The number of aromatic nitrogens is 2. The van der Waals surface area contributed by atoms with Crippen molar-refractivity contribution < 1.29 is 8.42 Å². The van der Waals surface area contributed by atoms with Crippen molar-refractivity contribution >= 4 is 37.4 Å². The second kappa shape index (κ2) is 6.48. The summed E-state index contributed by atoms with van der Waals surface area (Å²) in [5.41, 5.74) is 1.43. The van der Waals surface area contributed by atoms with Crippen LogP contribution in [0.3, 0.4) is 0 Å². The third kappa shape index (κ3) is 3.39. The predicted molar refractivity (Wildman–Crippen MR) is 102 cm³/mol. The molecule has 8 heteroatoms. The maximum atomic E-state index is 11.7. The second-order valence-corrected chi connectivity index (χ2v) is 10.4. The quantitative estimate of drug-likeness (QED) is 0.886. The summed E-state index contributed by atoms with van der Waals surface area (Å²) >= 11 is 1.80. The molecule has 3 heterocycles. The lowest BCUT2D eigenvalue weighted by molar-refractivity contribution is 0.331. The Morgan fingerprint density at radius 3 is 2.72 bits per heavy atom. The number of nitrogens with zero attached hydrogens (tertiary/aromatic N) is 3. The molecular weight excluding hydrogens is 356 g/mol. The highest BCUT2D eigenvalue weighted by Gasteiger charge is 2.27. The van der Waals surface area contributed by atoms with Crippen LogP contribution < -0.4 is 5.32 Å². The lowest BCUT2D eigenvalue weighted by atomic mass is 9.89. The van der Waals surface area contributed by atoms with Gasteiger partial charge in [-0.15, -0.1) is 11.3 Å². The standard InChI is InChI=1S/C17H24N4O2S2/c1-11-3-4-13-14(9-11)24-17-15(13)16(18-10-19-17)20-12-5-7-21(8-6-12)25(2,22)23/h10-12H,3-9H2,1-2H3,(H,18,19,20). The molecule has 1 saturated heterocycles. The van der Waals surface area contributed by atoms with Crippen LogP contribution in [-0.4, -0.2) is 48.1 Å². The van der Waals surface area contributed by atoms with E-state index in [1.807, 2.05) is 0 Å². The maximum Gasteiger partial charge on any atom is 0.211 e. The van der Waals surface area contributed by atoms with Gasteiger partial charge >= 0.3 is 0 Å². The highest BCUT2D eigenvalue weighted by atomic mass is 32.2. The van der Waals surface area contributed by atoms with Crippen molar-refractivity contribution in [1.82, 2.24) is 14.3 Å². The molecule has 1 unspecified atom stereocenters. The van der Waals surface area contributed by atoms with Gasteiger partial charge in [0.25, 0.3) is 0 Å². The number of hydrogen-bond acceptors (Lipinski definition) is 6. The lowest BCUT2D eigenvalue weighted by Gasteiger charge is -2.31. The third-order valence-corrected chi connectivity index (χ3v) is 7.82. The van der Waals surface area contributed by atoms with Crippen LogP contribution in [0.15, 0.2) is 6.33 Å². The summed E-state index contributed by atoms with van der Waals surface area (Å²) in [7, 11) is -3.08. The summed E-state index contributed by atoms with van der Waals surface area (Å²) in [6.45, 7) is 3.46. The van der Waals surface area contributed by atoms with Gasteiger partial charge in [0, 0.05) is 24.0 Å². The first-order chi connectivity index (χ1) is 11.9. The summed E-state index contributed by atoms with van der Waals surface area (Å²) < 4.78 is 24.9. The van der Waals surface area contributed by atoms with E-state index in [0.29, 0.717) is 13.1 Å². The molecule has 1 N–H and O–H groups in total. The summed E-state index contributed by atoms with van der Waals surface area (Å²) in [6.07, 6.45) is 8.01. The van der Waals surface area contributed by atoms with E-state index in [2.05, 4.69) is 22.2 Å². The summed E-state index contributed by atoms with van der Waals surface area (Å²) in [5.74, 6) is 1.67. The van der Waals surface area contributed by atoms with Gasteiger partial charge < -0.3 is 5.32 Å². The molecule has 4 rings (SSSR count). The van der Waals surface area contributed by atoms with Gasteiger partial charge in [0.05, 0.1) is 11.6 Å². The Bertz CT molecular complexity index is 885. The molecule has 2 aromatic heterocycles. The first-order valence-corrected chi connectivity index (χ1v) is 11.5. The average Bonchev–Trinajstić information content (AvgIpc) is 2.93. The van der Waals surface area contributed by atoms with Gasteiger partial charge in [0.2, 0.25) is 10.0 Å². The SMILES string of the molecule is CC1CCc2c(sc3ncnc(NC4CCN(S(C)(=O)=O)CC4)c23)C1. The zero-order chi connectivity index (χ0) is 17.6. The zero-order valence-corrected chi connectivity index (χ0v) is 16.3. The zero-order valence-electron chi connectivity index (χ0n) is 14.7. The molecule has 0 amide bonds. The van der Waals surface area contributed by atoms with Gasteiger partial charge in [0.1, 0.15) is 17.0 Å². The van der Waals surface area contributed by atoms with E-state index in [4.69, 9.17) is 0 Å². The number of fused-ring (bicyclic) bond motifs is 3. The van der Waals surface area contributed by atoms with Crippen molar-refractivity contribution in [2.75, 3.05) is 24.7 Å². The molecule has 1 atom stereocenters. The van der Waals surface area contributed by atoms with Crippen molar-refractivity contribution in [2.24, 2.45) is 5.92 Å². The average molecular weight is 381 g/mol. The Kier molecular flexibility index (Phi) is 4.45. The summed E-state index contributed by atoms with van der Waals surface area (Å²) in [5, 5.41) is 4.77. The lowest BCUT2D eigenvalue weighted by Crippen LogP contribution is -2.41. The Morgan fingerprint density at radius 2 is 2.00 bits per heavy atom. The van der Waals surface area contributed by atoms with Crippen LogP contribution in [0.1, 0.15) is 36.6 Å². The fourth-order valence-corrected chi connectivity index (χ4v) is 6.13. The van der Waals surface area contributed by atoms with Crippen LogP contribution in [0, 0.1) is 5.92 Å². The van der Waals surface area contributed by atoms with Gasteiger partial charge in [-0.1, -0.05) is 6.92 Å². The molecular formula is C17H24N4O2S2. The molecule has 1 aliphatic heterocycles. The molecule has 0 bridgehead atoms. The molecule has 6 nitrogen and oxygen atoms in total. The van der Waals surface area contributed by atoms with Crippen LogP contribution >= 0.6 is 11.3 Å². The van der Waals surface area contributed by atoms with Crippen molar-refractivity contribution in [3.63, 3.8) is 0 Å². The molecule has 0 spiro atoms. The van der Waals surface area contributed by atoms with Crippen LogP contribution in [0.5, 0.6) is 0 Å². The van der Waals surface area contributed by atoms with Crippen LogP contribution in [0.25, 0.3) is 10.2 Å². The van der Waals surface area contributed by atoms with Crippen molar-refractivity contribution in [1.29, 1.82) is 0 Å². The Balaban J connectivity index is 1.57. The normalized spacial score (nSPS) is 22.9. The van der Waals surface area contributed by atoms with Crippen LogP contribution in [-0.2, 0) is 22.9 Å². The van der Waals surface area contributed by atoms with Gasteiger partial charge in [-0.05, 0) is 43.6 Å². The van der Waals surface area contributed by atoms with Gasteiger partial charge in [-0.25, -0.2) is 22.7 Å². The molecule has 0 aromatic carbocycles. The smallest absolute Gasteiger partial charge is 0.211 e. The van der Waals surface area contributed by atoms with Crippen molar-refractivity contribution in [3.05, 3.63) is 16.8 Å². The molecule has 1 aliphatic carbocycles. The van der Waals surface area contributed by atoms with E-state index in [0.717, 1.165) is 42.2 Å². The summed E-state index contributed by atoms with van der Waals surface area (Å²) in [4.78, 5) is 11.5. The van der Waals surface area contributed by atoms with E-state index < -0.39 is 10.0 Å². The minimum atomic E-state index is -3.08. The number of nitrogens with one attached hydrogen (secondary N) is 1. The number of thiophene rings is 1. The molecule has 2 aromatic rings. The van der Waals surface area contributed by atoms with Crippen LogP contribution in [0.4, 0.5) is 5.82 Å². The highest BCUT2D eigenvalue weighted by Crippen LogP contribution is 2.40. The minimum absolute atomic E-state index is 0.258. The number of sulfonamides is 1. The third-order valence-electron chi connectivity index (χ3n) is 5.36. The molecule has 0 saturated carbocycles. The topological polar surface area (TPSA) is 75.2 Å². The van der Waals surface area contributed by atoms with E-state index >= 15 is 0 Å². The minimum Gasteiger partial charge on any atom is -0.367 e. The monoisotopic (exact) mass is 380 g/mol. The molecule has 0 radical (unpaired) electrons. The maximum absolute atomic E-state index is 11.7. The Labute approximate surface area is 152 Å². The highest BCUT2D eigenvalue weighted by molar-refractivity contribution is 7.88. The molecule has 1 fully saturated rings. The number of aryl methyl sites for hydroxylation is 1. The molecule has 136 valence electrons. The largest absolute Gasteiger partial charge is 0.367 e. The first-order valence-electron chi connectivity index (χ1n) is 8.88. The molecule has 25 heavy (non-hydrogen) atoms. The summed E-state index contributed by atoms with van der Waals surface area (Å²) in [6, 6.07) is 0.258. The van der Waals surface area contributed by atoms with Crippen LogP contribution in [0.2, 0.25) is 0 Å². The number of hydrogen-bond donors (Lipinski definition) is 1. The van der Waals surface area contributed by atoms with Gasteiger partial charge in [-0.2, -0.15) is 0 Å². The van der Waals surface area contributed by atoms with E-state index in [-0.39, 0.29) is 6.04 Å². The fourth-order valence-electron chi connectivity index (χ4n) is 3.91. The van der Waals surface area contributed by atoms with Gasteiger partial charge in [-0.3, -0.25) is 0 Å². The number of rotatable bonds is 3. The number of anilines is 1. The van der Waals surface area contributed by atoms with E-state index in [9.17, 15) is 8.42 Å². The first kappa shape index (κ1) is 17.2. The number of piperidine rings is 1. The Hall–Kier alpha value is -1.25. The van der Waals surface area contributed by atoms with Gasteiger partial charge in [0.15, 0.2) is 0 Å². The van der Waals surface area contributed by atoms with Crippen molar-refractivity contribution in [2.45, 2.75) is 45.1 Å². The second-order valence-electron chi connectivity index (χ2n) is 7.33. The predicted octanol–water partition coefficient (Wildman–Crippen LogP) is 2.65. The Morgan fingerprint density at radius 1 is 1.24 bits per heavy atom. The fraction of sp³-hybridized carbons (Fsp3) is 0.647.